The van der Waals surface area contributed by atoms with Gasteiger partial charge in [-0.25, -0.2) is 0 Å². The highest BCUT2D eigenvalue weighted by molar-refractivity contribution is 7.98. The average molecular weight is 300 g/mol. The number of methoxy groups -OCH3 is 1. The van der Waals surface area contributed by atoms with Crippen molar-refractivity contribution in [3.63, 3.8) is 0 Å². The van der Waals surface area contributed by atoms with Crippen LogP contribution in [0.1, 0.15) is 6.42 Å². The van der Waals surface area contributed by atoms with Crippen molar-refractivity contribution in [3.8, 4) is 5.75 Å². The largest absolute Gasteiger partial charge is 0.469 e. The van der Waals surface area contributed by atoms with Crippen LogP contribution in [0.15, 0.2) is 70.5 Å². The van der Waals surface area contributed by atoms with Gasteiger partial charge < -0.3 is 9.47 Å². The number of ether oxygens (including phenoxy) is 2. The van der Waals surface area contributed by atoms with Crippen LogP contribution < -0.4 is 4.74 Å². The summed E-state index contributed by atoms with van der Waals surface area (Å²) in [5, 5.41) is 0. The lowest BCUT2D eigenvalue weighted by molar-refractivity contribution is -0.139. The maximum atomic E-state index is 11.3. The Morgan fingerprint density at radius 3 is 2.62 bits per heavy atom. The predicted molar refractivity (Wildman–Crippen MR) is 84.3 cm³/mol. The van der Waals surface area contributed by atoms with Crippen molar-refractivity contribution in [2.75, 3.05) is 13.4 Å². The summed E-state index contributed by atoms with van der Waals surface area (Å²) in [6.07, 6.45) is 9.40. The average Bonchev–Trinajstić information content (AvgIpc) is 2.73. The second kappa shape index (κ2) is 7.58. The van der Waals surface area contributed by atoms with Gasteiger partial charge in [0, 0.05) is 11.0 Å². The minimum Gasteiger partial charge on any atom is -0.469 e. The van der Waals surface area contributed by atoms with Crippen molar-refractivity contribution in [3.05, 3.63) is 65.6 Å². The van der Waals surface area contributed by atoms with Crippen LogP contribution in [0.3, 0.4) is 0 Å². The summed E-state index contributed by atoms with van der Waals surface area (Å²) in [5.41, 5.74) is 3.82. The smallest absolute Gasteiger partial charge is 0.309 e. The topological polar surface area (TPSA) is 35.5 Å². The molecule has 2 rings (SSSR count). The third-order valence-electron chi connectivity index (χ3n) is 2.83. The number of benzene rings is 1. The van der Waals surface area contributed by atoms with Crippen LogP contribution in [0.4, 0.5) is 0 Å². The Morgan fingerprint density at radius 2 is 1.95 bits per heavy atom. The van der Waals surface area contributed by atoms with Gasteiger partial charge in [0.05, 0.1) is 13.5 Å². The van der Waals surface area contributed by atoms with E-state index >= 15 is 0 Å². The zero-order valence-electron chi connectivity index (χ0n) is 12.0. The Morgan fingerprint density at radius 1 is 1.19 bits per heavy atom. The molecule has 21 heavy (non-hydrogen) atoms. The first kappa shape index (κ1) is 15.2. The standard InChI is InChI=1S/C17H16O3S/c1-19-17(18)12-13-4-3-5-14(7-6-13)20-15-8-10-16(21-2)11-9-15/h4-11H,12H2,1-2H3. The second-order valence-electron chi connectivity index (χ2n) is 4.30. The van der Waals surface area contributed by atoms with Gasteiger partial charge in [0.2, 0.25) is 0 Å². The predicted octanol–water partition coefficient (Wildman–Crippen LogP) is 3.89. The van der Waals surface area contributed by atoms with E-state index < -0.39 is 0 Å². The number of carbonyl (C=O) groups is 1. The summed E-state index contributed by atoms with van der Waals surface area (Å²) in [6.45, 7) is 0. The summed E-state index contributed by atoms with van der Waals surface area (Å²) in [5.74, 6) is 1.16. The molecule has 0 bridgehead atoms. The molecule has 0 saturated heterocycles. The van der Waals surface area contributed by atoms with Crippen molar-refractivity contribution >= 4 is 17.7 Å². The third-order valence-corrected chi connectivity index (χ3v) is 3.57. The first-order chi connectivity index (χ1) is 10.2. The summed E-state index contributed by atoms with van der Waals surface area (Å²) >= 11 is 1.69. The fraction of sp³-hybridized carbons (Fsp3) is 0.176. The molecule has 0 unspecified atom stereocenters. The molecule has 1 aromatic carbocycles. The molecule has 1 aliphatic rings. The Balaban J connectivity index is 2.07. The van der Waals surface area contributed by atoms with Crippen molar-refractivity contribution in [2.45, 2.75) is 11.3 Å². The van der Waals surface area contributed by atoms with E-state index in [1.807, 2.05) is 42.7 Å². The van der Waals surface area contributed by atoms with Gasteiger partial charge in [0.1, 0.15) is 11.5 Å². The minimum atomic E-state index is -0.273. The van der Waals surface area contributed by atoms with E-state index in [0.717, 1.165) is 11.3 Å². The molecule has 1 aromatic rings. The van der Waals surface area contributed by atoms with Gasteiger partial charge in [-0.1, -0.05) is 6.08 Å². The molecule has 0 N–H and O–H groups in total. The zero-order valence-corrected chi connectivity index (χ0v) is 12.8. The van der Waals surface area contributed by atoms with Gasteiger partial charge >= 0.3 is 5.97 Å². The van der Waals surface area contributed by atoms with Gasteiger partial charge in [-0.05, 0) is 48.2 Å². The van der Waals surface area contributed by atoms with Crippen LogP contribution in [0.5, 0.6) is 5.75 Å². The minimum absolute atomic E-state index is 0.226. The SMILES string of the molecule is COC(=O)CC1=CC=C(Oc2ccc(SC)cc2)C=C=C1. The molecule has 4 heteroatoms. The summed E-state index contributed by atoms with van der Waals surface area (Å²) in [7, 11) is 1.38. The number of esters is 1. The third kappa shape index (κ3) is 4.71. The van der Waals surface area contributed by atoms with Gasteiger partial charge in [0.25, 0.3) is 0 Å². The maximum absolute atomic E-state index is 11.3. The molecule has 0 radical (unpaired) electrons. The van der Waals surface area contributed by atoms with E-state index in [1.165, 1.54) is 12.0 Å². The van der Waals surface area contributed by atoms with E-state index in [-0.39, 0.29) is 12.4 Å². The Kier molecular flexibility index (Phi) is 5.50. The highest BCUT2D eigenvalue weighted by Crippen LogP contribution is 2.21. The zero-order chi connectivity index (χ0) is 15.1. The van der Waals surface area contributed by atoms with Gasteiger partial charge in [-0.2, -0.15) is 0 Å². The van der Waals surface area contributed by atoms with Crippen LogP contribution in [-0.2, 0) is 9.53 Å². The Labute approximate surface area is 128 Å². The van der Waals surface area contributed by atoms with Gasteiger partial charge in [-0.15, -0.1) is 17.5 Å². The maximum Gasteiger partial charge on any atom is 0.309 e. The number of hydrogen-bond acceptors (Lipinski definition) is 4. The molecule has 0 atom stereocenters. The fourth-order valence-corrected chi connectivity index (χ4v) is 2.12. The first-order valence-electron chi connectivity index (χ1n) is 6.43. The summed E-state index contributed by atoms with van der Waals surface area (Å²) < 4.78 is 10.4. The van der Waals surface area contributed by atoms with Crippen molar-refractivity contribution < 1.29 is 14.3 Å². The molecule has 0 aliphatic heterocycles. The first-order valence-corrected chi connectivity index (χ1v) is 7.66. The number of thioether (sulfide) groups is 1. The van der Waals surface area contributed by atoms with E-state index in [2.05, 4.69) is 10.5 Å². The molecule has 1 aliphatic carbocycles. The van der Waals surface area contributed by atoms with Crippen LogP contribution in [0, 0.1) is 0 Å². The lowest BCUT2D eigenvalue weighted by atomic mass is 10.2. The number of carbonyl (C=O) groups excluding carboxylic acids is 1. The number of hydrogen-bond donors (Lipinski definition) is 0. The van der Waals surface area contributed by atoms with Crippen molar-refractivity contribution in [1.82, 2.24) is 0 Å². The van der Waals surface area contributed by atoms with Crippen molar-refractivity contribution in [1.29, 1.82) is 0 Å². The van der Waals surface area contributed by atoms with Crippen LogP contribution in [0.25, 0.3) is 0 Å². The fourth-order valence-electron chi connectivity index (χ4n) is 1.71. The van der Waals surface area contributed by atoms with E-state index in [9.17, 15) is 4.79 Å². The van der Waals surface area contributed by atoms with Crippen LogP contribution >= 0.6 is 11.8 Å². The molecular weight excluding hydrogens is 284 g/mol. The highest BCUT2D eigenvalue weighted by Gasteiger charge is 2.05. The second-order valence-corrected chi connectivity index (χ2v) is 5.18. The molecule has 0 heterocycles. The molecule has 0 aromatic heterocycles. The normalized spacial score (nSPS) is 13.2. The van der Waals surface area contributed by atoms with Gasteiger partial charge in [0.15, 0.2) is 0 Å². The lowest BCUT2D eigenvalue weighted by Crippen LogP contribution is -2.00. The monoisotopic (exact) mass is 300 g/mol. The molecule has 0 spiro atoms. The Hall–Kier alpha value is -2.16. The summed E-state index contributed by atoms with van der Waals surface area (Å²) in [4.78, 5) is 12.4. The number of rotatable bonds is 5. The van der Waals surface area contributed by atoms with Crippen LogP contribution in [0.2, 0.25) is 0 Å². The van der Waals surface area contributed by atoms with E-state index in [0.29, 0.717) is 5.76 Å². The number of allylic oxidation sites excluding steroid dienone is 3. The molecule has 108 valence electrons. The highest BCUT2D eigenvalue weighted by atomic mass is 32.2. The molecule has 0 fully saturated rings. The molecule has 0 amide bonds. The van der Waals surface area contributed by atoms with Crippen molar-refractivity contribution in [2.24, 2.45) is 0 Å². The van der Waals surface area contributed by atoms with E-state index in [4.69, 9.17) is 4.74 Å². The Bertz CT molecular complexity index is 633. The quantitative estimate of drug-likeness (QED) is 0.469. The molecule has 3 nitrogen and oxygen atoms in total. The summed E-state index contributed by atoms with van der Waals surface area (Å²) in [6, 6.07) is 7.87. The van der Waals surface area contributed by atoms with Crippen LogP contribution in [-0.4, -0.2) is 19.3 Å². The van der Waals surface area contributed by atoms with E-state index in [1.54, 1.807) is 23.9 Å². The molecular formula is C17H16O3S. The molecule has 0 saturated carbocycles. The lowest BCUT2D eigenvalue weighted by Gasteiger charge is -2.05. The van der Waals surface area contributed by atoms with Gasteiger partial charge in [-0.3, -0.25) is 4.79 Å².